The van der Waals surface area contributed by atoms with Gasteiger partial charge in [0, 0.05) is 82.9 Å². The highest BCUT2D eigenvalue weighted by Gasteiger charge is 2.47. The Morgan fingerprint density at radius 3 is 0.884 bits per heavy atom. The smallest absolute Gasteiger partial charge is 0.161 e. The lowest BCUT2D eigenvalue weighted by Crippen LogP contribution is -2.28. The van der Waals surface area contributed by atoms with Gasteiger partial charge in [0.15, 0.2) is 33.5 Å². The summed E-state index contributed by atoms with van der Waals surface area (Å²) < 4.78 is 28.1. The second kappa shape index (κ2) is 35.1. The Balaban J connectivity index is 0.000000107. The number of para-hydroxylation sites is 11. The van der Waals surface area contributed by atoms with E-state index in [1.165, 1.54) is 87.6 Å². The van der Waals surface area contributed by atoms with Gasteiger partial charge in [-0.15, -0.1) is 0 Å². The third-order valence-electron chi connectivity index (χ3n) is 29.5. The number of furan rings is 3. The second-order valence-electron chi connectivity index (χ2n) is 37.5. The highest BCUT2D eigenvalue weighted by molar-refractivity contribution is 6.24. The zero-order chi connectivity index (χ0) is 96.3. The predicted octanol–water partition coefficient (Wildman–Crippen LogP) is 37.6. The first-order chi connectivity index (χ1) is 72.5. The molecule has 0 saturated heterocycles. The quantitative estimate of drug-likeness (QED) is 0.0953. The zero-order valence-corrected chi connectivity index (χ0v) is 79.4. The van der Waals surface area contributed by atoms with Crippen molar-refractivity contribution < 1.29 is 13.3 Å². The highest BCUT2D eigenvalue weighted by atomic mass is 16.3. The minimum absolute atomic E-state index is 0.509. The molecule has 0 amide bonds. The van der Waals surface area contributed by atoms with Crippen molar-refractivity contribution in [3.05, 3.63) is 568 Å². The van der Waals surface area contributed by atoms with Crippen molar-refractivity contribution in [3.63, 3.8) is 0 Å². The molecule has 0 unspecified atom stereocenters. The Labute approximate surface area is 841 Å². The first-order valence-corrected chi connectivity index (χ1v) is 49.9. The van der Waals surface area contributed by atoms with E-state index in [1.54, 1.807) is 0 Å². The molecule has 30 rings (SSSR count). The van der Waals surface area contributed by atoms with Crippen molar-refractivity contribution in [2.45, 2.75) is 5.41 Å². The van der Waals surface area contributed by atoms with E-state index >= 15 is 0 Å². The normalized spacial score (nSPS) is 12.2. The highest BCUT2D eigenvalue weighted by Crippen LogP contribution is 2.59. The topological polar surface area (TPSA) is 63.9 Å². The summed E-state index contributed by atoms with van der Waals surface area (Å²) in [7, 11) is 0. The average Bonchev–Trinajstić information content (AvgIpc) is 1.53. The van der Waals surface area contributed by atoms with Crippen LogP contribution in [0.4, 0.5) is 51.2 Å². The van der Waals surface area contributed by atoms with Crippen LogP contribution in [0.3, 0.4) is 0 Å². The Hall–Kier alpha value is -19.5. The van der Waals surface area contributed by atoms with Crippen LogP contribution in [0.15, 0.2) is 559 Å². The van der Waals surface area contributed by atoms with Gasteiger partial charge < -0.3 is 41.7 Å². The van der Waals surface area contributed by atoms with Gasteiger partial charge in [-0.05, 0) is 247 Å². The van der Waals surface area contributed by atoms with Gasteiger partial charge in [-0.1, -0.05) is 376 Å². The maximum Gasteiger partial charge on any atom is 0.161 e. The molecule has 0 aliphatic heterocycles. The van der Waals surface area contributed by atoms with E-state index in [0.717, 1.165) is 167 Å². The molecule has 0 saturated carbocycles. The summed E-state index contributed by atoms with van der Waals surface area (Å²) in [4.78, 5) is 7.10. The fraction of sp³-hybridized carbons (Fsp3) is 0.00730. The summed E-state index contributed by atoms with van der Waals surface area (Å²) in [6.07, 6.45) is 0. The first kappa shape index (κ1) is 84.6. The van der Waals surface area contributed by atoms with E-state index in [2.05, 4.69) is 574 Å². The molecule has 9 heteroatoms. The van der Waals surface area contributed by atoms with E-state index < -0.39 is 5.41 Å². The van der Waals surface area contributed by atoms with E-state index in [-0.39, 0.29) is 0 Å². The molecule has 0 bridgehead atoms. The molecule has 1 aliphatic rings. The van der Waals surface area contributed by atoms with Crippen LogP contribution in [0.25, 0.3) is 181 Å². The zero-order valence-electron chi connectivity index (χ0n) is 79.4. The number of aromatic nitrogens is 3. The van der Waals surface area contributed by atoms with Crippen molar-refractivity contribution in [1.29, 1.82) is 0 Å². The fourth-order valence-electron chi connectivity index (χ4n) is 23.3. The predicted molar refractivity (Wildman–Crippen MR) is 608 cm³/mol. The third-order valence-corrected chi connectivity index (χ3v) is 29.5. The van der Waals surface area contributed by atoms with Crippen LogP contribution < -0.4 is 14.7 Å². The number of hydrogen-bond donors (Lipinski definition) is 0. The molecule has 6 aromatic heterocycles. The maximum atomic E-state index is 7.08. The van der Waals surface area contributed by atoms with Crippen molar-refractivity contribution >= 4 is 193 Å². The summed E-state index contributed by atoms with van der Waals surface area (Å²) >= 11 is 0. The molecule has 0 N–H and O–H groups in total. The average molecular weight is 1870 g/mol. The van der Waals surface area contributed by atoms with E-state index in [1.807, 2.05) is 0 Å². The summed E-state index contributed by atoms with van der Waals surface area (Å²) in [5.74, 6) is 0. The van der Waals surface area contributed by atoms with Crippen LogP contribution in [-0.4, -0.2) is 13.7 Å². The van der Waals surface area contributed by atoms with Crippen LogP contribution in [0, 0.1) is 0 Å². The van der Waals surface area contributed by atoms with Crippen LogP contribution in [-0.2, 0) is 5.41 Å². The molecule has 6 heterocycles. The van der Waals surface area contributed by atoms with Gasteiger partial charge in [0.1, 0.15) is 16.6 Å². The molecule has 0 atom stereocenters. The van der Waals surface area contributed by atoms with Crippen LogP contribution in [0.1, 0.15) is 22.3 Å². The SMILES string of the molecule is c1ccc(-c2ccc(N(c3cc4ccccc4c4ccccc34)c3cccc4c3oc3c5ccccc5n(-c5ccccc5)c43)cc2)cc1.c1ccc(N(c2cc3ccccc3c3ccccc23)c2cccc3c2oc2c4ccccc4n(-c4ccccc4)c32)cc1.c1ccc(N(c2ccc3c(c2)C(c2ccccc2)(c2ccccc2)c2ccccc2-3)c2cccc3c2oc2c4ccccc4n(-c4ccccc4)c32)cc1. The largest absolute Gasteiger partial charge is 0.451 e. The molecule has 9 nitrogen and oxygen atoms in total. The molecule has 29 aromatic rings. The summed E-state index contributed by atoms with van der Waals surface area (Å²) in [6, 6.07) is 195. The van der Waals surface area contributed by atoms with Gasteiger partial charge in [0.05, 0.1) is 50.4 Å². The van der Waals surface area contributed by atoms with E-state index in [0.29, 0.717) is 0 Å². The van der Waals surface area contributed by atoms with Crippen LogP contribution in [0.2, 0.25) is 0 Å². The molecule has 0 spiro atoms. The minimum Gasteiger partial charge on any atom is -0.451 e. The lowest BCUT2D eigenvalue weighted by molar-refractivity contribution is 0.672. The molecule has 0 fully saturated rings. The van der Waals surface area contributed by atoms with Crippen molar-refractivity contribution in [2.75, 3.05) is 14.7 Å². The molecule has 23 aromatic carbocycles. The lowest BCUT2D eigenvalue weighted by Gasteiger charge is -2.34. The van der Waals surface area contributed by atoms with E-state index in [4.69, 9.17) is 13.3 Å². The minimum atomic E-state index is -0.509. The summed E-state index contributed by atoms with van der Waals surface area (Å²) in [5, 5.41) is 16.2. The number of fused-ring (bicyclic) bond motifs is 24. The maximum absolute atomic E-state index is 7.08. The Morgan fingerprint density at radius 2 is 0.466 bits per heavy atom. The molecular formula is C137H90N6O3. The fourth-order valence-corrected chi connectivity index (χ4v) is 23.3. The summed E-state index contributed by atoms with van der Waals surface area (Å²) in [6.45, 7) is 0. The van der Waals surface area contributed by atoms with Gasteiger partial charge in [-0.3, -0.25) is 0 Å². The Morgan fingerprint density at radius 1 is 0.171 bits per heavy atom. The third kappa shape index (κ3) is 13.6. The van der Waals surface area contributed by atoms with Gasteiger partial charge in [-0.25, -0.2) is 0 Å². The molecule has 1 aliphatic carbocycles. The standard InChI is InChI=1S/C51H34N2O.C46H30N2O.C40H26N2O/c1-5-18-35(19-6-1)51(36-20-7-2-8-21-36)44-29-15-13-26-40(44)41-33-32-39(34-45(41)51)52(37-22-9-3-10-23-37)47-31-17-28-43-48-50(54-49(43)47)42-27-14-16-30-46(42)53(48)38-24-11-4-12-25-38;1-3-14-31(15-4-1)32-26-28-35(29-27-32)47(43-30-33-16-7-8-19-36(33)37-20-9-10-21-38(37)43)42-25-13-23-40-44-46(49-45(40)42)39-22-11-12-24-41(39)48(44)34-17-5-2-6-18-34;1-3-15-28(16-4-1)41(37-26-27-14-7-8-19-30(27)31-20-9-10-21-32(31)37)36-25-13-23-34-38-40(43-39(34)36)33-22-11-12-24-35(33)42(38)29-17-5-2-6-18-29/h1-34H;1-30H;1-26H. The second-order valence-corrected chi connectivity index (χ2v) is 37.5. The number of benzene rings is 23. The number of hydrogen-bond acceptors (Lipinski definition) is 6. The molecule has 686 valence electrons. The molecule has 146 heavy (non-hydrogen) atoms. The summed E-state index contributed by atoms with van der Waals surface area (Å²) in [5.41, 5.74) is 34.1. The van der Waals surface area contributed by atoms with Crippen LogP contribution >= 0.6 is 0 Å². The monoisotopic (exact) mass is 1870 g/mol. The lowest BCUT2D eigenvalue weighted by atomic mass is 9.67. The van der Waals surface area contributed by atoms with Crippen molar-refractivity contribution in [1.82, 2.24) is 13.7 Å². The Kier molecular flexibility index (Phi) is 20.3. The van der Waals surface area contributed by atoms with Crippen molar-refractivity contribution in [3.8, 4) is 39.3 Å². The van der Waals surface area contributed by atoms with Gasteiger partial charge in [-0.2, -0.15) is 0 Å². The van der Waals surface area contributed by atoms with Crippen LogP contribution in [0.5, 0.6) is 0 Å². The molecular weight excluding hydrogens is 1780 g/mol. The Bertz CT molecular complexity index is 10000. The van der Waals surface area contributed by atoms with Gasteiger partial charge >= 0.3 is 0 Å². The number of anilines is 9. The number of nitrogens with zero attached hydrogens (tertiary/aromatic N) is 6. The van der Waals surface area contributed by atoms with Gasteiger partial charge in [0.25, 0.3) is 0 Å². The first-order valence-electron chi connectivity index (χ1n) is 49.9. The number of rotatable bonds is 15. The van der Waals surface area contributed by atoms with Gasteiger partial charge in [0.2, 0.25) is 0 Å². The van der Waals surface area contributed by atoms with Crippen molar-refractivity contribution in [2.24, 2.45) is 0 Å². The van der Waals surface area contributed by atoms with E-state index in [9.17, 15) is 0 Å². The molecule has 0 radical (unpaired) electrons.